The molecule has 3 atom stereocenters. The number of hydrogen-bond donors (Lipinski definition) is 2. The zero-order chi connectivity index (χ0) is 24.2. The van der Waals surface area contributed by atoms with Crippen LogP contribution in [0.1, 0.15) is 12.5 Å². The fourth-order valence-corrected chi connectivity index (χ4v) is 4.76. The Morgan fingerprint density at radius 3 is 2.47 bits per heavy atom. The summed E-state index contributed by atoms with van der Waals surface area (Å²) < 4.78 is 24.3. The Labute approximate surface area is 202 Å². The summed E-state index contributed by atoms with van der Waals surface area (Å²) in [5.41, 5.74) is 1.96. The molecule has 0 aromatic heterocycles. The van der Waals surface area contributed by atoms with Crippen LogP contribution >= 0.6 is 11.6 Å². The molecule has 2 fully saturated rings. The van der Waals surface area contributed by atoms with Crippen LogP contribution in [-0.4, -0.2) is 56.2 Å². The molecule has 34 heavy (non-hydrogen) atoms. The van der Waals surface area contributed by atoms with Crippen LogP contribution in [0.15, 0.2) is 42.5 Å². The summed E-state index contributed by atoms with van der Waals surface area (Å²) in [6.07, 6.45) is 3.15. The van der Waals surface area contributed by atoms with Crippen LogP contribution in [0.3, 0.4) is 0 Å². The maximum absolute atomic E-state index is 13.2. The SMILES string of the molecule is COc1cc(C=CC(=O)N2C[C@H]3COC[C@@H](C2)C3Nc2ccc(F)cc2)c(NC(C)=O)cc1Cl. The van der Waals surface area contributed by atoms with Crippen molar-refractivity contribution in [3.63, 3.8) is 0 Å². The van der Waals surface area contributed by atoms with E-state index in [2.05, 4.69) is 10.6 Å². The number of amides is 2. The van der Waals surface area contributed by atoms with Gasteiger partial charge in [0.15, 0.2) is 0 Å². The molecule has 2 amide bonds. The van der Waals surface area contributed by atoms with Gasteiger partial charge in [0.05, 0.1) is 25.3 Å². The van der Waals surface area contributed by atoms with Crippen LogP contribution in [-0.2, 0) is 14.3 Å². The van der Waals surface area contributed by atoms with Gasteiger partial charge < -0.3 is 25.0 Å². The van der Waals surface area contributed by atoms with E-state index in [-0.39, 0.29) is 35.5 Å². The lowest BCUT2D eigenvalue weighted by Gasteiger charge is -2.47. The van der Waals surface area contributed by atoms with E-state index in [4.69, 9.17) is 21.1 Å². The number of nitrogens with one attached hydrogen (secondary N) is 2. The Hall–Kier alpha value is -3.10. The maximum atomic E-state index is 13.2. The Morgan fingerprint density at radius 1 is 1.18 bits per heavy atom. The lowest BCUT2D eigenvalue weighted by atomic mass is 9.82. The average molecular weight is 488 g/mol. The number of methoxy groups -OCH3 is 1. The molecule has 0 spiro atoms. The number of nitrogens with zero attached hydrogens (tertiary/aromatic N) is 1. The minimum Gasteiger partial charge on any atom is -0.495 e. The monoisotopic (exact) mass is 487 g/mol. The highest BCUT2D eigenvalue weighted by atomic mass is 35.5. The van der Waals surface area contributed by atoms with Crippen molar-refractivity contribution in [3.05, 3.63) is 58.9 Å². The molecule has 4 rings (SSSR count). The zero-order valence-electron chi connectivity index (χ0n) is 19.0. The van der Waals surface area contributed by atoms with E-state index < -0.39 is 0 Å². The standard InChI is InChI=1S/C25H27ClFN3O4/c1-15(31)28-22-10-21(26)23(33-2)9-16(22)3-8-24(32)30-11-17-13-34-14-18(12-30)25(17)29-20-6-4-19(27)5-7-20/h3-10,17-18,25,29H,11-14H2,1-2H3,(H,28,31)/t17-,18+,25?. The number of fused-ring (bicyclic) bond motifs is 2. The van der Waals surface area contributed by atoms with Gasteiger partial charge in [-0.15, -0.1) is 0 Å². The third kappa shape index (κ3) is 5.51. The molecule has 2 aliphatic heterocycles. The summed E-state index contributed by atoms with van der Waals surface area (Å²) in [5.74, 6) is 0.0232. The van der Waals surface area contributed by atoms with Gasteiger partial charge in [-0.1, -0.05) is 11.6 Å². The Balaban J connectivity index is 1.47. The second-order valence-corrected chi connectivity index (χ2v) is 8.97. The molecule has 0 aliphatic carbocycles. The van der Waals surface area contributed by atoms with Gasteiger partial charge in [0.2, 0.25) is 11.8 Å². The second kappa shape index (κ2) is 10.4. The van der Waals surface area contributed by atoms with Gasteiger partial charge in [0, 0.05) is 60.9 Å². The Kier molecular flexibility index (Phi) is 7.38. The summed E-state index contributed by atoms with van der Waals surface area (Å²) in [4.78, 5) is 26.5. The van der Waals surface area contributed by atoms with Crippen LogP contribution in [0.2, 0.25) is 5.02 Å². The summed E-state index contributed by atoms with van der Waals surface area (Å²) in [5, 5.41) is 6.59. The number of carbonyl (C=O) groups excluding carboxylic acids is 2. The van der Waals surface area contributed by atoms with E-state index in [1.165, 1.54) is 32.2 Å². The molecule has 2 aromatic rings. The van der Waals surface area contributed by atoms with Crippen molar-refractivity contribution in [2.24, 2.45) is 11.8 Å². The van der Waals surface area contributed by atoms with E-state index in [1.807, 2.05) is 4.90 Å². The van der Waals surface area contributed by atoms with Gasteiger partial charge in [-0.05, 0) is 42.5 Å². The highest BCUT2D eigenvalue weighted by Crippen LogP contribution is 2.33. The number of carbonyl (C=O) groups is 2. The lowest BCUT2D eigenvalue weighted by molar-refractivity contribution is -0.133. The first-order valence-electron chi connectivity index (χ1n) is 11.1. The van der Waals surface area contributed by atoms with Crippen LogP contribution in [0.25, 0.3) is 6.08 Å². The quantitative estimate of drug-likeness (QED) is 0.601. The second-order valence-electron chi connectivity index (χ2n) is 8.57. The Morgan fingerprint density at radius 2 is 1.85 bits per heavy atom. The third-order valence-corrected chi connectivity index (χ3v) is 6.41. The molecule has 2 aliphatic rings. The molecule has 9 heteroatoms. The molecule has 0 radical (unpaired) electrons. The predicted molar refractivity (Wildman–Crippen MR) is 130 cm³/mol. The van der Waals surface area contributed by atoms with E-state index in [9.17, 15) is 14.0 Å². The third-order valence-electron chi connectivity index (χ3n) is 6.12. The normalized spacial score (nSPS) is 21.9. The smallest absolute Gasteiger partial charge is 0.246 e. The van der Waals surface area contributed by atoms with Crippen LogP contribution in [0, 0.1) is 17.7 Å². The molecule has 2 N–H and O–H groups in total. The summed E-state index contributed by atoms with van der Waals surface area (Å²) in [6.45, 7) is 3.58. The highest BCUT2D eigenvalue weighted by molar-refractivity contribution is 6.32. The fourth-order valence-electron chi connectivity index (χ4n) is 4.52. The average Bonchev–Trinajstić information content (AvgIpc) is 2.79. The fraction of sp³-hybridized carbons (Fsp3) is 0.360. The van der Waals surface area contributed by atoms with Gasteiger partial charge in [-0.2, -0.15) is 0 Å². The largest absolute Gasteiger partial charge is 0.495 e. The van der Waals surface area contributed by atoms with Crippen molar-refractivity contribution in [1.82, 2.24) is 4.90 Å². The van der Waals surface area contributed by atoms with Gasteiger partial charge in [0.25, 0.3) is 0 Å². The number of ether oxygens (including phenoxy) is 2. The van der Waals surface area contributed by atoms with E-state index in [1.54, 1.807) is 30.3 Å². The van der Waals surface area contributed by atoms with E-state index in [0.717, 1.165) is 5.69 Å². The molecule has 2 aromatic carbocycles. The molecule has 1 unspecified atom stereocenters. The van der Waals surface area contributed by atoms with Crippen molar-refractivity contribution < 1.29 is 23.5 Å². The summed E-state index contributed by atoms with van der Waals surface area (Å²) in [7, 11) is 1.50. The number of halogens is 2. The lowest BCUT2D eigenvalue weighted by Crippen LogP contribution is -2.59. The van der Waals surface area contributed by atoms with Crippen molar-refractivity contribution >= 4 is 40.9 Å². The van der Waals surface area contributed by atoms with Crippen molar-refractivity contribution in [2.75, 3.05) is 44.0 Å². The summed E-state index contributed by atoms with van der Waals surface area (Å²) in [6, 6.07) is 9.72. The number of benzene rings is 2. The molecule has 0 saturated carbocycles. The first-order chi connectivity index (χ1) is 16.3. The van der Waals surface area contributed by atoms with Crippen molar-refractivity contribution in [3.8, 4) is 5.75 Å². The van der Waals surface area contributed by atoms with Crippen LogP contribution < -0.4 is 15.4 Å². The highest BCUT2D eigenvalue weighted by Gasteiger charge is 2.41. The van der Waals surface area contributed by atoms with Crippen LogP contribution in [0.5, 0.6) is 5.75 Å². The number of anilines is 2. The number of hydrogen-bond acceptors (Lipinski definition) is 5. The molecule has 2 saturated heterocycles. The van der Waals surface area contributed by atoms with Crippen LogP contribution in [0.4, 0.5) is 15.8 Å². The van der Waals surface area contributed by atoms with Gasteiger partial charge >= 0.3 is 0 Å². The first kappa shape index (κ1) is 24.0. The topological polar surface area (TPSA) is 79.9 Å². The minimum absolute atomic E-state index is 0.112. The number of piperidine rings is 1. The van der Waals surface area contributed by atoms with Gasteiger partial charge in [-0.25, -0.2) is 4.39 Å². The molecular formula is C25H27ClFN3O4. The van der Waals surface area contributed by atoms with E-state index >= 15 is 0 Å². The number of rotatable bonds is 6. The van der Waals surface area contributed by atoms with Crippen molar-refractivity contribution in [1.29, 1.82) is 0 Å². The zero-order valence-corrected chi connectivity index (χ0v) is 19.8. The molecule has 2 bridgehead atoms. The van der Waals surface area contributed by atoms with Gasteiger partial charge in [0.1, 0.15) is 11.6 Å². The van der Waals surface area contributed by atoms with E-state index in [0.29, 0.717) is 48.3 Å². The maximum Gasteiger partial charge on any atom is 0.246 e. The molecule has 7 nitrogen and oxygen atoms in total. The van der Waals surface area contributed by atoms with Gasteiger partial charge in [-0.3, -0.25) is 9.59 Å². The first-order valence-corrected chi connectivity index (χ1v) is 11.4. The van der Waals surface area contributed by atoms with Crippen molar-refractivity contribution in [2.45, 2.75) is 13.0 Å². The number of likely N-dealkylation sites (tertiary alicyclic amines) is 1. The summed E-state index contributed by atoms with van der Waals surface area (Å²) >= 11 is 6.19. The molecule has 180 valence electrons. The minimum atomic E-state index is -0.277. The predicted octanol–water partition coefficient (Wildman–Crippen LogP) is 4.04. The molecule has 2 heterocycles. The Bertz CT molecular complexity index is 1080. The molecular weight excluding hydrogens is 461 g/mol.